The molecular formula is C18H17N3O4S. The van der Waals surface area contributed by atoms with Gasteiger partial charge in [0.1, 0.15) is 0 Å². The number of benzene rings is 2. The van der Waals surface area contributed by atoms with E-state index in [1.165, 1.54) is 19.2 Å². The molecule has 134 valence electrons. The van der Waals surface area contributed by atoms with Gasteiger partial charge in [-0.15, -0.1) is 0 Å². The van der Waals surface area contributed by atoms with E-state index in [4.69, 9.17) is 9.88 Å². The van der Waals surface area contributed by atoms with Crippen LogP contribution in [0.3, 0.4) is 0 Å². The zero-order valence-corrected chi connectivity index (χ0v) is 15.0. The first-order valence-corrected chi connectivity index (χ1v) is 9.23. The van der Waals surface area contributed by atoms with Crippen molar-refractivity contribution in [2.45, 2.75) is 11.8 Å². The fourth-order valence-electron chi connectivity index (χ4n) is 2.49. The van der Waals surface area contributed by atoms with Crippen molar-refractivity contribution in [2.24, 2.45) is 5.14 Å². The highest BCUT2D eigenvalue weighted by molar-refractivity contribution is 7.89. The summed E-state index contributed by atoms with van der Waals surface area (Å²) in [5.74, 6) is -0.557. The van der Waals surface area contributed by atoms with Crippen LogP contribution in [0.5, 0.6) is 0 Å². The van der Waals surface area contributed by atoms with Crippen molar-refractivity contribution in [3.05, 3.63) is 65.9 Å². The van der Waals surface area contributed by atoms with Crippen molar-refractivity contribution in [3.8, 4) is 16.9 Å². The molecular weight excluding hydrogens is 354 g/mol. The first-order chi connectivity index (χ1) is 12.3. The molecule has 1 aromatic heterocycles. The zero-order valence-electron chi connectivity index (χ0n) is 14.2. The maximum atomic E-state index is 11.9. The summed E-state index contributed by atoms with van der Waals surface area (Å²) in [5, 5.41) is 9.43. The summed E-state index contributed by atoms with van der Waals surface area (Å²) in [6, 6.07) is 15.3. The van der Waals surface area contributed by atoms with Gasteiger partial charge in [-0.1, -0.05) is 29.8 Å². The van der Waals surface area contributed by atoms with Gasteiger partial charge in [0.25, 0.3) is 0 Å². The lowest BCUT2D eigenvalue weighted by Crippen LogP contribution is -2.12. The minimum absolute atomic E-state index is 0.00140. The van der Waals surface area contributed by atoms with Gasteiger partial charge in [0.15, 0.2) is 5.69 Å². The Morgan fingerprint density at radius 1 is 1.08 bits per heavy atom. The molecule has 26 heavy (non-hydrogen) atoms. The smallest absolute Gasteiger partial charge is 0.358 e. The summed E-state index contributed by atoms with van der Waals surface area (Å²) in [5.41, 5.74) is 3.37. The summed E-state index contributed by atoms with van der Waals surface area (Å²) in [7, 11) is -2.50. The number of rotatable bonds is 4. The van der Waals surface area contributed by atoms with Crippen molar-refractivity contribution < 1.29 is 17.9 Å². The summed E-state index contributed by atoms with van der Waals surface area (Å²) in [4.78, 5) is 11.9. The number of ether oxygens (including phenoxy) is 1. The third-order valence-electron chi connectivity index (χ3n) is 3.86. The number of aromatic nitrogens is 2. The SMILES string of the molecule is COC(=O)c1cc(-c2ccc(C)cc2)n(-c2ccc(S(N)(=O)=O)cc2)n1. The van der Waals surface area contributed by atoms with E-state index in [1.807, 2.05) is 31.2 Å². The number of nitrogens with zero attached hydrogens (tertiary/aromatic N) is 2. The first-order valence-electron chi connectivity index (χ1n) is 7.68. The topological polar surface area (TPSA) is 104 Å². The number of sulfonamides is 1. The number of esters is 1. The minimum Gasteiger partial charge on any atom is -0.464 e. The van der Waals surface area contributed by atoms with Gasteiger partial charge >= 0.3 is 5.97 Å². The molecule has 0 aliphatic carbocycles. The highest BCUT2D eigenvalue weighted by Crippen LogP contribution is 2.25. The molecule has 0 saturated carbocycles. The predicted molar refractivity (Wildman–Crippen MR) is 96.4 cm³/mol. The van der Waals surface area contributed by atoms with E-state index in [0.29, 0.717) is 11.4 Å². The standard InChI is InChI=1S/C18H17N3O4S/c1-12-3-5-13(6-4-12)17-11-16(18(22)25-2)20-21(17)14-7-9-15(10-8-14)26(19,23)24/h3-11H,1-2H3,(H2,19,23,24). The molecule has 0 unspecified atom stereocenters. The predicted octanol–water partition coefficient (Wildman–Crippen LogP) is 2.28. The summed E-state index contributed by atoms with van der Waals surface area (Å²) in [6.07, 6.45) is 0. The number of hydrogen-bond donors (Lipinski definition) is 1. The second-order valence-corrected chi connectivity index (χ2v) is 7.28. The van der Waals surface area contributed by atoms with Crippen molar-refractivity contribution in [3.63, 3.8) is 0 Å². The quantitative estimate of drug-likeness (QED) is 0.709. The van der Waals surface area contributed by atoms with Gasteiger partial charge in [0, 0.05) is 5.56 Å². The fraction of sp³-hybridized carbons (Fsp3) is 0.111. The molecule has 0 amide bonds. The van der Waals surface area contributed by atoms with E-state index >= 15 is 0 Å². The number of nitrogens with two attached hydrogens (primary N) is 1. The second kappa shape index (κ2) is 6.74. The molecule has 0 atom stereocenters. The summed E-state index contributed by atoms with van der Waals surface area (Å²) in [6.45, 7) is 1.98. The molecule has 0 fully saturated rings. The first kappa shape index (κ1) is 17.8. The van der Waals surface area contributed by atoms with Crippen LogP contribution in [0.4, 0.5) is 0 Å². The third kappa shape index (κ3) is 3.51. The van der Waals surface area contributed by atoms with Crippen LogP contribution in [0.1, 0.15) is 16.1 Å². The van der Waals surface area contributed by atoms with Crippen molar-refractivity contribution in [2.75, 3.05) is 7.11 Å². The van der Waals surface area contributed by atoms with Crippen LogP contribution in [0.15, 0.2) is 59.5 Å². The van der Waals surface area contributed by atoms with E-state index < -0.39 is 16.0 Å². The number of carbonyl (C=O) groups excluding carboxylic acids is 1. The molecule has 0 spiro atoms. The summed E-state index contributed by atoms with van der Waals surface area (Å²) >= 11 is 0. The van der Waals surface area contributed by atoms with E-state index in [2.05, 4.69) is 5.10 Å². The number of aryl methyl sites for hydroxylation is 1. The molecule has 2 aromatic carbocycles. The average molecular weight is 371 g/mol. The second-order valence-electron chi connectivity index (χ2n) is 5.72. The molecule has 7 nitrogen and oxygen atoms in total. The van der Waals surface area contributed by atoms with Crippen LogP contribution in [-0.2, 0) is 14.8 Å². The number of primary sulfonamides is 1. The highest BCUT2D eigenvalue weighted by Gasteiger charge is 2.17. The Bertz CT molecular complexity index is 1050. The molecule has 2 N–H and O–H groups in total. The monoisotopic (exact) mass is 371 g/mol. The lowest BCUT2D eigenvalue weighted by atomic mass is 10.1. The Morgan fingerprint density at radius 2 is 1.69 bits per heavy atom. The largest absolute Gasteiger partial charge is 0.464 e. The van der Waals surface area contributed by atoms with E-state index in [9.17, 15) is 13.2 Å². The van der Waals surface area contributed by atoms with Crippen LogP contribution in [0.25, 0.3) is 16.9 Å². The van der Waals surface area contributed by atoms with Crippen LogP contribution in [0.2, 0.25) is 0 Å². The fourth-order valence-corrected chi connectivity index (χ4v) is 3.00. The molecule has 3 aromatic rings. The van der Waals surface area contributed by atoms with Gasteiger partial charge < -0.3 is 4.74 Å². The van der Waals surface area contributed by atoms with Gasteiger partial charge in [0.05, 0.1) is 23.4 Å². The van der Waals surface area contributed by atoms with Crippen molar-refractivity contribution in [1.29, 1.82) is 0 Å². The van der Waals surface area contributed by atoms with Crippen LogP contribution < -0.4 is 5.14 Å². The van der Waals surface area contributed by atoms with Crippen LogP contribution >= 0.6 is 0 Å². The molecule has 1 heterocycles. The van der Waals surface area contributed by atoms with Gasteiger partial charge in [-0.3, -0.25) is 0 Å². The highest BCUT2D eigenvalue weighted by atomic mass is 32.2. The molecule has 0 radical (unpaired) electrons. The molecule has 0 aliphatic heterocycles. The van der Waals surface area contributed by atoms with Gasteiger partial charge in [-0.2, -0.15) is 5.10 Å². The van der Waals surface area contributed by atoms with Crippen molar-refractivity contribution in [1.82, 2.24) is 9.78 Å². The zero-order chi connectivity index (χ0) is 18.9. The minimum atomic E-state index is -3.78. The Labute approximate surface area is 151 Å². The van der Waals surface area contributed by atoms with E-state index in [-0.39, 0.29) is 10.6 Å². The lowest BCUT2D eigenvalue weighted by Gasteiger charge is -2.08. The molecule has 0 saturated heterocycles. The van der Waals surface area contributed by atoms with Crippen molar-refractivity contribution >= 4 is 16.0 Å². The van der Waals surface area contributed by atoms with Gasteiger partial charge in [-0.25, -0.2) is 23.0 Å². The Balaban J connectivity index is 2.14. The number of carbonyl (C=O) groups is 1. The van der Waals surface area contributed by atoms with E-state index in [0.717, 1.165) is 11.1 Å². The van der Waals surface area contributed by atoms with Crippen LogP contribution in [0, 0.1) is 6.92 Å². The number of methoxy groups -OCH3 is 1. The Morgan fingerprint density at radius 3 is 2.23 bits per heavy atom. The summed E-state index contributed by atoms with van der Waals surface area (Å²) < 4.78 is 29.2. The lowest BCUT2D eigenvalue weighted by molar-refractivity contribution is 0.0593. The molecule has 3 rings (SSSR count). The van der Waals surface area contributed by atoms with E-state index in [1.54, 1.807) is 22.9 Å². The van der Waals surface area contributed by atoms with Crippen LogP contribution in [-0.4, -0.2) is 31.3 Å². The molecule has 8 heteroatoms. The number of hydrogen-bond acceptors (Lipinski definition) is 5. The normalized spacial score (nSPS) is 11.3. The van der Waals surface area contributed by atoms with Gasteiger partial charge in [-0.05, 0) is 37.3 Å². The molecule has 0 aliphatic rings. The Kier molecular flexibility index (Phi) is 4.62. The Hall–Kier alpha value is -2.97. The third-order valence-corrected chi connectivity index (χ3v) is 4.79. The average Bonchev–Trinajstić information content (AvgIpc) is 3.06. The molecule has 0 bridgehead atoms. The van der Waals surface area contributed by atoms with Gasteiger partial charge in [0.2, 0.25) is 10.0 Å². The maximum Gasteiger partial charge on any atom is 0.358 e. The maximum absolute atomic E-state index is 11.9.